The van der Waals surface area contributed by atoms with Gasteiger partial charge in [0.1, 0.15) is 5.82 Å². The zero-order chi connectivity index (χ0) is 18.2. The number of hydrogen-bond donors (Lipinski definition) is 0. The summed E-state index contributed by atoms with van der Waals surface area (Å²) in [5, 5.41) is 0. The molecule has 5 nitrogen and oxygen atoms in total. The molecule has 0 spiro atoms. The van der Waals surface area contributed by atoms with Gasteiger partial charge in [-0.3, -0.25) is 0 Å². The molecule has 1 aliphatic rings. The van der Waals surface area contributed by atoms with Gasteiger partial charge in [-0.15, -0.1) is 0 Å². The molecule has 0 amide bonds. The Hall–Kier alpha value is -1.92. The first-order valence-corrected chi connectivity index (χ1v) is 9.98. The molecule has 0 saturated carbocycles. The maximum Gasteiger partial charge on any atom is 0.243 e. The van der Waals surface area contributed by atoms with Gasteiger partial charge in [-0.25, -0.2) is 13.4 Å². The van der Waals surface area contributed by atoms with Crippen molar-refractivity contribution in [1.82, 2.24) is 9.29 Å². The molecule has 1 aromatic heterocycles. The second-order valence-corrected chi connectivity index (χ2v) is 8.72. The molecule has 134 valence electrons. The molecule has 0 unspecified atom stereocenters. The Kier molecular flexibility index (Phi) is 4.84. The van der Waals surface area contributed by atoms with Crippen molar-refractivity contribution in [3.8, 4) is 0 Å². The molecule has 1 fully saturated rings. The van der Waals surface area contributed by atoms with Gasteiger partial charge in [0, 0.05) is 26.3 Å². The van der Waals surface area contributed by atoms with Crippen LogP contribution in [0.5, 0.6) is 0 Å². The van der Waals surface area contributed by atoms with E-state index in [1.165, 1.54) is 0 Å². The first-order chi connectivity index (χ1) is 11.8. The van der Waals surface area contributed by atoms with Gasteiger partial charge in [0.05, 0.1) is 10.9 Å². The van der Waals surface area contributed by atoms with Gasteiger partial charge in [-0.2, -0.15) is 4.31 Å². The number of pyridine rings is 1. The summed E-state index contributed by atoms with van der Waals surface area (Å²) >= 11 is 0. The third-order valence-corrected chi connectivity index (χ3v) is 6.68. The average molecular weight is 359 g/mol. The number of aromatic nitrogens is 1. The fourth-order valence-electron chi connectivity index (χ4n) is 3.34. The van der Waals surface area contributed by atoms with Gasteiger partial charge >= 0.3 is 0 Å². The van der Waals surface area contributed by atoms with Crippen molar-refractivity contribution in [2.75, 3.05) is 25.5 Å². The molecular weight excluding hydrogens is 334 g/mol. The zero-order valence-corrected chi connectivity index (χ0v) is 16.0. The van der Waals surface area contributed by atoms with Crippen LogP contribution in [-0.4, -0.2) is 38.3 Å². The highest BCUT2D eigenvalue weighted by molar-refractivity contribution is 7.89. The predicted molar refractivity (Wildman–Crippen MR) is 100 cm³/mol. The molecule has 2 heterocycles. The van der Waals surface area contributed by atoms with E-state index in [1.807, 2.05) is 57.1 Å². The Morgan fingerprint density at radius 3 is 2.36 bits per heavy atom. The monoisotopic (exact) mass is 359 g/mol. The van der Waals surface area contributed by atoms with Crippen LogP contribution >= 0.6 is 0 Å². The van der Waals surface area contributed by atoms with Gasteiger partial charge in [-0.1, -0.05) is 23.8 Å². The third-order valence-electron chi connectivity index (χ3n) is 4.76. The van der Waals surface area contributed by atoms with Crippen molar-refractivity contribution in [1.29, 1.82) is 0 Å². The lowest BCUT2D eigenvalue weighted by Crippen LogP contribution is -2.31. The molecule has 1 aliphatic heterocycles. The lowest BCUT2D eigenvalue weighted by molar-refractivity contribution is 0.395. The van der Waals surface area contributed by atoms with E-state index in [0.29, 0.717) is 11.4 Å². The van der Waals surface area contributed by atoms with E-state index in [2.05, 4.69) is 4.98 Å². The van der Waals surface area contributed by atoms with Crippen LogP contribution in [0.2, 0.25) is 0 Å². The topological polar surface area (TPSA) is 53.5 Å². The maximum atomic E-state index is 13.1. The van der Waals surface area contributed by atoms with E-state index >= 15 is 0 Å². The summed E-state index contributed by atoms with van der Waals surface area (Å²) < 4.78 is 27.9. The Bertz CT molecular complexity index is 861. The zero-order valence-electron chi connectivity index (χ0n) is 15.2. The predicted octanol–water partition coefficient (Wildman–Crippen LogP) is 3.29. The van der Waals surface area contributed by atoms with E-state index in [9.17, 15) is 8.42 Å². The molecule has 1 atom stereocenters. The molecule has 0 aliphatic carbocycles. The van der Waals surface area contributed by atoms with Gasteiger partial charge in [-0.05, 0) is 50.5 Å². The summed E-state index contributed by atoms with van der Waals surface area (Å²) in [5.41, 5.74) is 2.94. The molecular formula is C19H25N3O2S. The minimum Gasteiger partial charge on any atom is -0.363 e. The van der Waals surface area contributed by atoms with Gasteiger partial charge in [0.25, 0.3) is 0 Å². The first-order valence-electron chi connectivity index (χ1n) is 8.54. The van der Waals surface area contributed by atoms with Crippen LogP contribution < -0.4 is 4.90 Å². The second kappa shape index (κ2) is 6.77. The number of rotatable bonds is 4. The van der Waals surface area contributed by atoms with Crippen molar-refractivity contribution in [2.45, 2.75) is 37.6 Å². The largest absolute Gasteiger partial charge is 0.363 e. The SMILES string of the molecule is Cc1ccc(S(=O)(=O)N2CCC[C@H]2c2ccc(N(C)C)nc2C)cc1. The van der Waals surface area contributed by atoms with Crippen LogP contribution in [0.15, 0.2) is 41.3 Å². The number of hydrogen-bond acceptors (Lipinski definition) is 4. The molecule has 0 radical (unpaired) electrons. The van der Waals surface area contributed by atoms with Gasteiger partial charge in [0.2, 0.25) is 10.0 Å². The number of nitrogens with zero attached hydrogens (tertiary/aromatic N) is 3. The molecule has 3 rings (SSSR count). The van der Waals surface area contributed by atoms with E-state index in [-0.39, 0.29) is 6.04 Å². The minimum atomic E-state index is -3.50. The summed E-state index contributed by atoms with van der Waals surface area (Å²) in [4.78, 5) is 6.93. The Morgan fingerprint density at radius 2 is 1.76 bits per heavy atom. The number of sulfonamides is 1. The highest BCUT2D eigenvalue weighted by Gasteiger charge is 2.37. The summed E-state index contributed by atoms with van der Waals surface area (Å²) in [7, 11) is 0.398. The van der Waals surface area contributed by atoms with Crippen LogP contribution in [-0.2, 0) is 10.0 Å². The molecule has 1 saturated heterocycles. The normalized spacial score (nSPS) is 18.5. The number of benzene rings is 1. The summed E-state index contributed by atoms with van der Waals surface area (Å²) in [6, 6.07) is 10.9. The van der Waals surface area contributed by atoms with Crippen molar-refractivity contribution in [3.05, 3.63) is 53.2 Å². The van der Waals surface area contributed by atoms with Crippen LogP contribution in [0.3, 0.4) is 0 Å². The highest BCUT2D eigenvalue weighted by atomic mass is 32.2. The minimum absolute atomic E-state index is 0.144. The van der Waals surface area contributed by atoms with Crippen LogP contribution in [0.4, 0.5) is 5.82 Å². The number of aryl methyl sites for hydroxylation is 2. The van der Waals surface area contributed by atoms with E-state index in [1.54, 1.807) is 16.4 Å². The molecule has 2 aromatic rings. The van der Waals surface area contributed by atoms with Crippen molar-refractivity contribution >= 4 is 15.8 Å². The Morgan fingerprint density at radius 1 is 1.08 bits per heavy atom. The second-order valence-electron chi connectivity index (χ2n) is 6.83. The molecule has 0 bridgehead atoms. The maximum absolute atomic E-state index is 13.1. The van der Waals surface area contributed by atoms with Crippen LogP contribution in [0.1, 0.15) is 35.7 Å². The fraction of sp³-hybridized carbons (Fsp3) is 0.421. The quantitative estimate of drug-likeness (QED) is 0.841. The fourth-order valence-corrected chi connectivity index (χ4v) is 5.02. The summed E-state index contributed by atoms with van der Waals surface area (Å²) in [6.07, 6.45) is 1.69. The van der Waals surface area contributed by atoms with Crippen molar-refractivity contribution in [3.63, 3.8) is 0 Å². The summed E-state index contributed by atoms with van der Waals surface area (Å²) in [5.74, 6) is 0.882. The smallest absolute Gasteiger partial charge is 0.243 e. The van der Waals surface area contributed by atoms with E-state index in [4.69, 9.17) is 0 Å². The van der Waals surface area contributed by atoms with Crippen LogP contribution in [0, 0.1) is 13.8 Å². The van der Waals surface area contributed by atoms with Gasteiger partial charge in [0.15, 0.2) is 0 Å². The highest BCUT2D eigenvalue weighted by Crippen LogP contribution is 2.37. The standard InChI is InChI=1S/C19H25N3O2S/c1-14-7-9-16(10-8-14)25(23,24)22-13-5-6-18(22)17-11-12-19(21(3)4)20-15(17)2/h7-12,18H,5-6,13H2,1-4H3/t18-/m0/s1. The molecule has 1 aromatic carbocycles. The number of anilines is 1. The van der Waals surface area contributed by atoms with Gasteiger partial charge < -0.3 is 4.90 Å². The van der Waals surface area contributed by atoms with E-state index in [0.717, 1.165) is 35.5 Å². The Labute approximate surface area is 150 Å². The van der Waals surface area contributed by atoms with E-state index < -0.39 is 10.0 Å². The Balaban J connectivity index is 1.96. The lowest BCUT2D eigenvalue weighted by atomic mass is 10.0. The average Bonchev–Trinajstić information content (AvgIpc) is 3.05. The molecule has 0 N–H and O–H groups in total. The molecule has 6 heteroatoms. The van der Waals surface area contributed by atoms with Crippen LogP contribution in [0.25, 0.3) is 0 Å². The van der Waals surface area contributed by atoms with Crippen molar-refractivity contribution in [2.24, 2.45) is 0 Å². The lowest BCUT2D eigenvalue weighted by Gasteiger charge is -2.26. The third kappa shape index (κ3) is 3.41. The molecule has 25 heavy (non-hydrogen) atoms. The first kappa shape index (κ1) is 17.9. The van der Waals surface area contributed by atoms with Crippen molar-refractivity contribution < 1.29 is 8.42 Å². The summed E-state index contributed by atoms with van der Waals surface area (Å²) in [6.45, 7) is 4.46.